The highest BCUT2D eigenvalue weighted by atomic mass is 35.5. The molecule has 124 valence electrons. The van der Waals surface area contributed by atoms with Gasteiger partial charge in [0.05, 0.1) is 22.6 Å². The van der Waals surface area contributed by atoms with Crippen LogP contribution in [0, 0.1) is 0 Å². The molecule has 25 heavy (non-hydrogen) atoms. The van der Waals surface area contributed by atoms with Crippen molar-refractivity contribution in [1.82, 2.24) is 4.98 Å². The van der Waals surface area contributed by atoms with E-state index >= 15 is 0 Å². The third kappa shape index (κ3) is 2.84. The molecule has 0 aliphatic carbocycles. The Morgan fingerprint density at radius 3 is 2.64 bits per heavy atom. The number of hydrogen-bond donors (Lipinski definition) is 1. The number of nitrogens with one attached hydrogen (secondary N) is 1. The molecule has 0 saturated carbocycles. The Balaban J connectivity index is 1.80. The molecule has 2 aromatic carbocycles. The summed E-state index contributed by atoms with van der Waals surface area (Å²) in [4.78, 5) is 18.8. The molecule has 1 aromatic heterocycles. The van der Waals surface area contributed by atoms with Crippen molar-refractivity contribution in [2.24, 2.45) is 0 Å². The number of nitrogens with zero attached hydrogens (tertiary/aromatic N) is 2. The number of pyridine rings is 1. The van der Waals surface area contributed by atoms with Crippen molar-refractivity contribution < 1.29 is 4.79 Å². The van der Waals surface area contributed by atoms with Gasteiger partial charge in [0.2, 0.25) is 0 Å². The van der Waals surface area contributed by atoms with E-state index < -0.39 is 0 Å². The van der Waals surface area contributed by atoms with Crippen LogP contribution in [-0.2, 0) is 0 Å². The largest absolute Gasteiger partial charge is 0.360 e. The first-order valence-corrected chi connectivity index (χ1v) is 8.45. The van der Waals surface area contributed by atoms with Crippen molar-refractivity contribution in [3.63, 3.8) is 0 Å². The summed E-state index contributed by atoms with van der Waals surface area (Å²) >= 11 is 12.3. The molecule has 2 heterocycles. The number of aromatic nitrogens is 1. The third-order valence-electron chi connectivity index (χ3n) is 4.11. The van der Waals surface area contributed by atoms with E-state index in [2.05, 4.69) is 10.3 Å². The van der Waals surface area contributed by atoms with Crippen LogP contribution in [-0.4, -0.2) is 10.9 Å². The Morgan fingerprint density at radius 2 is 1.88 bits per heavy atom. The van der Waals surface area contributed by atoms with Gasteiger partial charge in [-0.2, -0.15) is 0 Å². The highest BCUT2D eigenvalue weighted by Gasteiger charge is 2.37. The van der Waals surface area contributed by atoms with Crippen molar-refractivity contribution >= 4 is 40.5 Å². The fourth-order valence-corrected chi connectivity index (χ4v) is 3.44. The summed E-state index contributed by atoms with van der Waals surface area (Å²) in [5.41, 5.74) is 2.97. The number of amides is 1. The zero-order valence-electron chi connectivity index (χ0n) is 13.0. The Morgan fingerprint density at radius 1 is 1.04 bits per heavy atom. The molecule has 0 fully saturated rings. The topological polar surface area (TPSA) is 45.2 Å². The maximum atomic E-state index is 12.9. The molecule has 0 saturated heterocycles. The van der Waals surface area contributed by atoms with Crippen molar-refractivity contribution in [2.45, 2.75) is 6.17 Å². The smallest absolute Gasteiger partial charge is 0.260 e. The molecule has 1 N–H and O–H groups in total. The van der Waals surface area contributed by atoms with E-state index in [0.29, 0.717) is 27.0 Å². The van der Waals surface area contributed by atoms with Crippen LogP contribution in [0.5, 0.6) is 0 Å². The van der Waals surface area contributed by atoms with Crippen LogP contribution in [0.4, 0.5) is 11.4 Å². The quantitative estimate of drug-likeness (QED) is 0.693. The van der Waals surface area contributed by atoms with E-state index in [-0.39, 0.29) is 12.1 Å². The van der Waals surface area contributed by atoms with Crippen LogP contribution in [0.2, 0.25) is 10.0 Å². The average molecular weight is 370 g/mol. The van der Waals surface area contributed by atoms with Gasteiger partial charge < -0.3 is 5.32 Å². The van der Waals surface area contributed by atoms with Crippen LogP contribution in [0.3, 0.4) is 0 Å². The minimum Gasteiger partial charge on any atom is -0.360 e. The van der Waals surface area contributed by atoms with E-state index in [1.54, 1.807) is 41.6 Å². The van der Waals surface area contributed by atoms with Crippen LogP contribution in [0.1, 0.15) is 22.1 Å². The van der Waals surface area contributed by atoms with Gasteiger partial charge in [0.25, 0.3) is 5.91 Å². The van der Waals surface area contributed by atoms with Gasteiger partial charge in [-0.3, -0.25) is 14.7 Å². The molecule has 6 heteroatoms. The Labute approximate surface area is 155 Å². The zero-order valence-corrected chi connectivity index (χ0v) is 14.5. The molecular formula is C19H13Cl2N3O. The fraction of sp³-hybridized carbons (Fsp3) is 0.0526. The number of halogens is 2. The first kappa shape index (κ1) is 15.9. The van der Waals surface area contributed by atoms with Gasteiger partial charge in [0.15, 0.2) is 0 Å². The summed E-state index contributed by atoms with van der Waals surface area (Å²) in [6, 6.07) is 16.4. The average Bonchev–Trinajstić information content (AvgIpc) is 2.91. The van der Waals surface area contributed by atoms with E-state index in [9.17, 15) is 4.79 Å². The highest BCUT2D eigenvalue weighted by Crippen LogP contribution is 2.39. The molecule has 1 aliphatic rings. The molecule has 1 aliphatic heterocycles. The summed E-state index contributed by atoms with van der Waals surface area (Å²) < 4.78 is 0. The van der Waals surface area contributed by atoms with E-state index in [4.69, 9.17) is 23.2 Å². The summed E-state index contributed by atoms with van der Waals surface area (Å²) in [5.74, 6) is -0.0776. The van der Waals surface area contributed by atoms with Crippen LogP contribution >= 0.6 is 23.2 Å². The van der Waals surface area contributed by atoms with Crippen LogP contribution < -0.4 is 10.2 Å². The lowest BCUT2D eigenvalue weighted by molar-refractivity contribution is 0.0993. The van der Waals surface area contributed by atoms with Gasteiger partial charge in [-0.05, 0) is 36.4 Å². The normalized spacial score (nSPS) is 16.0. The van der Waals surface area contributed by atoms with Crippen molar-refractivity contribution in [1.29, 1.82) is 0 Å². The second-order valence-electron chi connectivity index (χ2n) is 5.64. The Hall–Kier alpha value is -2.56. The van der Waals surface area contributed by atoms with Gasteiger partial charge in [0.1, 0.15) is 6.17 Å². The summed E-state index contributed by atoms with van der Waals surface area (Å²) in [5, 5.41) is 4.41. The number of carbonyl (C=O) groups is 1. The van der Waals surface area contributed by atoms with Crippen LogP contribution in [0.15, 0.2) is 67.0 Å². The van der Waals surface area contributed by atoms with E-state index in [0.717, 1.165) is 5.56 Å². The molecular weight excluding hydrogens is 357 g/mol. The molecule has 0 radical (unpaired) electrons. The minimum atomic E-state index is -0.383. The van der Waals surface area contributed by atoms with Crippen molar-refractivity contribution in [3.8, 4) is 0 Å². The summed E-state index contributed by atoms with van der Waals surface area (Å²) in [6.45, 7) is 0. The molecule has 1 amide bonds. The van der Waals surface area contributed by atoms with Gasteiger partial charge in [-0.15, -0.1) is 0 Å². The number of benzene rings is 2. The van der Waals surface area contributed by atoms with Crippen LogP contribution in [0.25, 0.3) is 0 Å². The molecule has 0 spiro atoms. The Kier molecular flexibility index (Phi) is 4.07. The van der Waals surface area contributed by atoms with Gasteiger partial charge >= 0.3 is 0 Å². The molecule has 0 unspecified atom stereocenters. The maximum absolute atomic E-state index is 12.9. The van der Waals surface area contributed by atoms with Crippen molar-refractivity contribution in [2.75, 3.05) is 10.2 Å². The van der Waals surface area contributed by atoms with E-state index in [1.165, 1.54) is 0 Å². The van der Waals surface area contributed by atoms with Crippen molar-refractivity contribution in [3.05, 3.63) is 88.2 Å². The predicted molar refractivity (Wildman–Crippen MR) is 100 cm³/mol. The molecule has 3 aromatic rings. The van der Waals surface area contributed by atoms with E-state index in [1.807, 2.05) is 30.3 Å². The first-order valence-electron chi connectivity index (χ1n) is 7.69. The SMILES string of the molecule is O=C1c2ccccc2[C@H](Nc2ccc(Cl)cc2Cl)N1c1cccnc1. The number of anilines is 2. The number of carbonyl (C=O) groups excluding carboxylic acids is 1. The maximum Gasteiger partial charge on any atom is 0.260 e. The summed E-state index contributed by atoms with van der Waals surface area (Å²) in [6.07, 6.45) is 2.96. The molecule has 1 atom stereocenters. The fourth-order valence-electron chi connectivity index (χ4n) is 2.98. The summed E-state index contributed by atoms with van der Waals surface area (Å²) in [7, 11) is 0. The molecule has 4 rings (SSSR count). The second-order valence-corrected chi connectivity index (χ2v) is 6.49. The monoisotopic (exact) mass is 369 g/mol. The minimum absolute atomic E-state index is 0.0776. The lowest BCUT2D eigenvalue weighted by Crippen LogP contribution is -2.32. The lowest BCUT2D eigenvalue weighted by atomic mass is 10.1. The highest BCUT2D eigenvalue weighted by molar-refractivity contribution is 6.36. The number of rotatable bonds is 3. The third-order valence-corrected chi connectivity index (χ3v) is 4.66. The van der Waals surface area contributed by atoms with Gasteiger partial charge in [0, 0.05) is 22.3 Å². The van der Waals surface area contributed by atoms with Gasteiger partial charge in [-0.25, -0.2) is 0 Å². The lowest BCUT2D eigenvalue weighted by Gasteiger charge is -2.27. The Bertz CT molecular complexity index is 946. The second kappa shape index (κ2) is 6.39. The number of hydrogen-bond acceptors (Lipinski definition) is 3. The molecule has 4 nitrogen and oxygen atoms in total. The standard InChI is InChI=1S/C19H13Cl2N3O/c20-12-7-8-17(16(21)10-12)23-18-14-5-1-2-6-15(14)19(25)24(18)13-4-3-9-22-11-13/h1-11,18,23H/t18-/m1/s1. The first-order chi connectivity index (χ1) is 12.1. The predicted octanol–water partition coefficient (Wildman–Crippen LogP) is 5.16. The number of fused-ring (bicyclic) bond motifs is 1. The zero-order chi connectivity index (χ0) is 17.4. The molecule has 0 bridgehead atoms. The van der Waals surface area contributed by atoms with Gasteiger partial charge in [-0.1, -0.05) is 41.4 Å².